The molecule has 0 aliphatic rings. The Balaban J connectivity index is 2.75. The Bertz CT molecular complexity index is 447. The highest BCUT2D eigenvalue weighted by Crippen LogP contribution is 2.31. The third-order valence-electron chi connectivity index (χ3n) is 1.91. The van der Waals surface area contributed by atoms with E-state index in [-0.39, 0.29) is 0 Å². The van der Waals surface area contributed by atoms with Gasteiger partial charge in [-0.15, -0.1) is 22.9 Å². The number of thiophene rings is 1. The summed E-state index contributed by atoms with van der Waals surface area (Å²) in [5, 5.41) is 1.34. The van der Waals surface area contributed by atoms with Crippen LogP contribution in [0.2, 0.25) is 0 Å². The largest absolute Gasteiger partial charge is 0.139 e. The van der Waals surface area contributed by atoms with Crippen LogP contribution in [0.3, 0.4) is 0 Å². The quantitative estimate of drug-likeness (QED) is 0.533. The average molecular weight is 323 g/mol. The fourth-order valence-electron chi connectivity index (χ4n) is 1.34. The lowest BCUT2D eigenvalue weighted by Gasteiger charge is -1.95. The summed E-state index contributed by atoms with van der Waals surface area (Å²) < 4.78 is 2.67. The van der Waals surface area contributed by atoms with Gasteiger partial charge in [-0.25, -0.2) is 0 Å². The van der Waals surface area contributed by atoms with Crippen molar-refractivity contribution in [3.63, 3.8) is 0 Å². The van der Waals surface area contributed by atoms with Crippen molar-refractivity contribution in [1.29, 1.82) is 0 Å². The standard InChI is InChI=1S/C10H8ClIS/c1-6-2-9(12)8-4-7(5-11)13-10(8)3-6/h2-4H,5H2,1H3. The minimum atomic E-state index is 0.620. The third-order valence-corrected chi connectivity index (χ3v) is 4.33. The van der Waals surface area contributed by atoms with Crippen LogP contribution in [0.25, 0.3) is 10.1 Å². The van der Waals surface area contributed by atoms with Crippen molar-refractivity contribution in [2.24, 2.45) is 0 Å². The Kier molecular flexibility index (Phi) is 2.81. The maximum Gasteiger partial charge on any atom is 0.0568 e. The van der Waals surface area contributed by atoms with Crippen LogP contribution in [0.5, 0.6) is 0 Å². The fourth-order valence-corrected chi connectivity index (χ4v) is 3.74. The maximum atomic E-state index is 5.80. The minimum Gasteiger partial charge on any atom is -0.139 e. The lowest BCUT2D eigenvalue weighted by molar-refractivity contribution is 1.49. The second-order valence-corrected chi connectivity index (χ2v) is 5.60. The van der Waals surface area contributed by atoms with E-state index in [0.29, 0.717) is 5.88 Å². The molecule has 0 atom stereocenters. The molecule has 0 N–H and O–H groups in total. The molecule has 0 saturated heterocycles. The lowest BCUT2D eigenvalue weighted by Crippen LogP contribution is -1.75. The van der Waals surface area contributed by atoms with Crippen LogP contribution >= 0.6 is 45.5 Å². The summed E-state index contributed by atoms with van der Waals surface area (Å²) in [6.45, 7) is 2.13. The molecular formula is C10H8ClIS. The van der Waals surface area contributed by atoms with Crippen molar-refractivity contribution in [2.45, 2.75) is 12.8 Å². The van der Waals surface area contributed by atoms with Gasteiger partial charge in [0.15, 0.2) is 0 Å². The summed E-state index contributed by atoms with van der Waals surface area (Å²) in [7, 11) is 0. The second kappa shape index (κ2) is 3.75. The normalized spacial score (nSPS) is 11.0. The highest BCUT2D eigenvalue weighted by Gasteiger charge is 2.04. The molecule has 0 unspecified atom stereocenters. The molecule has 0 bridgehead atoms. The van der Waals surface area contributed by atoms with Gasteiger partial charge >= 0.3 is 0 Å². The van der Waals surface area contributed by atoms with E-state index in [1.807, 2.05) is 0 Å². The van der Waals surface area contributed by atoms with Gasteiger partial charge < -0.3 is 0 Å². The first-order chi connectivity index (χ1) is 6.20. The molecule has 68 valence electrons. The van der Waals surface area contributed by atoms with Gasteiger partial charge in [0, 0.05) is 18.5 Å². The van der Waals surface area contributed by atoms with Crippen molar-refractivity contribution in [2.75, 3.05) is 0 Å². The minimum absolute atomic E-state index is 0.620. The molecule has 13 heavy (non-hydrogen) atoms. The summed E-state index contributed by atoms with van der Waals surface area (Å²) >= 11 is 9.96. The Morgan fingerprint density at radius 3 is 2.85 bits per heavy atom. The van der Waals surface area contributed by atoms with Crippen molar-refractivity contribution in [1.82, 2.24) is 0 Å². The van der Waals surface area contributed by atoms with E-state index in [1.54, 1.807) is 11.3 Å². The highest BCUT2D eigenvalue weighted by molar-refractivity contribution is 14.1. The number of aryl methyl sites for hydroxylation is 1. The molecule has 2 aromatic rings. The van der Waals surface area contributed by atoms with Crippen LogP contribution < -0.4 is 0 Å². The highest BCUT2D eigenvalue weighted by atomic mass is 127. The van der Waals surface area contributed by atoms with Crippen LogP contribution in [-0.2, 0) is 5.88 Å². The third kappa shape index (κ3) is 1.85. The van der Waals surface area contributed by atoms with Crippen molar-refractivity contribution in [3.05, 3.63) is 32.2 Å². The molecule has 1 aromatic heterocycles. The maximum absolute atomic E-state index is 5.80. The van der Waals surface area contributed by atoms with E-state index >= 15 is 0 Å². The number of fused-ring (bicyclic) bond motifs is 1. The summed E-state index contributed by atoms with van der Waals surface area (Å²) in [5.41, 5.74) is 1.32. The van der Waals surface area contributed by atoms with Gasteiger partial charge in [-0.1, -0.05) is 0 Å². The predicted octanol–water partition coefficient (Wildman–Crippen LogP) is 4.55. The van der Waals surface area contributed by atoms with Crippen LogP contribution in [0.15, 0.2) is 18.2 Å². The number of alkyl halides is 1. The summed E-state index contributed by atoms with van der Waals surface area (Å²) in [4.78, 5) is 1.25. The first kappa shape index (κ1) is 9.74. The van der Waals surface area contributed by atoms with Gasteiger partial charge in [-0.05, 0) is 53.3 Å². The van der Waals surface area contributed by atoms with Gasteiger partial charge in [0.2, 0.25) is 0 Å². The molecule has 0 aliphatic heterocycles. The Hall–Kier alpha value is 0.200. The number of rotatable bonds is 1. The number of halogens is 2. The molecular weight excluding hydrogens is 315 g/mol. The Labute approximate surface area is 100 Å². The SMILES string of the molecule is Cc1cc(I)c2cc(CCl)sc2c1. The number of hydrogen-bond acceptors (Lipinski definition) is 1. The smallest absolute Gasteiger partial charge is 0.0568 e. The molecule has 0 fully saturated rings. The van der Waals surface area contributed by atoms with E-state index in [9.17, 15) is 0 Å². The van der Waals surface area contributed by atoms with E-state index < -0.39 is 0 Å². The van der Waals surface area contributed by atoms with Crippen molar-refractivity contribution in [3.8, 4) is 0 Å². The topological polar surface area (TPSA) is 0 Å². The number of hydrogen-bond donors (Lipinski definition) is 0. The van der Waals surface area contributed by atoms with E-state index in [1.165, 1.54) is 24.1 Å². The van der Waals surface area contributed by atoms with Gasteiger partial charge in [-0.3, -0.25) is 0 Å². The molecule has 0 amide bonds. The van der Waals surface area contributed by atoms with Crippen LogP contribution in [0, 0.1) is 10.5 Å². The molecule has 2 rings (SSSR count). The molecule has 0 aliphatic carbocycles. The molecule has 0 saturated carbocycles. The van der Waals surface area contributed by atoms with Gasteiger partial charge in [0.25, 0.3) is 0 Å². The monoisotopic (exact) mass is 322 g/mol. The first-order valence-electron chi connectivity index (χ1n) is 3.95. The zero-order valence-corrected chi connectivity index (χ0v) is 10.8. The van der Waals surface area contributed by atoms with E-state index in [0.717, 1.165) is 0 Å². The molecule has 1 aromatic carbocycles. The Morgan fingerprint density at radius 2 is 2.15 bits per heavy atom. The summed E-state index contributed by atoms with van der Waals surface area (Å²) in [5.74, 6) is 0.620. The molecule has 0 spiro atoms. The van der Waals surface area contributed by atoms with Gasteiger partial charge in [-0.2, -0.15) is 0 Å². The Morgan fingerprint density at radius 1 is 1.38 bits per heavy atom. The van der Waals surface area contributed by atoms with Crippen molar-refractivity contribution >= 4 is 55.6 Å². The lowest BCUT2D eigenvalue weighted by atomic mass is 10.2. The summed E-state index contributed by atoms with van der Waals surface area (Å²) in [6, 6.07) is 6.61. The second-order valence-electron chi connectivity index (χ2n) is 3.00. The molecule has 0 radical (unpaired) electrons. The summed E-state index contributed by atoms with van der Waals surface area (Å²) in [6.07, 6.45) is 0. The number of benzene rings is 1. The molecule has 1 heterocycles. The molecule has 0 nitrogen and oxygen atoms in total. The average Bonchev–Trinajstić information content (AvgIpc) is 2.47. The van der Waals surface area contributed by atoms with E-state index in [2.05, 4.69) is 47.7 Å². The first-order valence-corrected chi connectivity index (χ1v) is 6.38. The van der Waals surface area contributed by atoms with Crippen LogP contribution in [-0.4, -0.2) is 0 Å². The molecule has 3 heteroatoms. The van der Waals surface area contributed by atoms with Crippen LogP contribution in [0.1, 0.15) is 10.4 Å². The fraction of sp³-hybridized carbons (Fsp3) is 0.200. The van der Waals surface area contributed by atoms with Gasteiger partial charge in [0.05, 0.1) is 5.88 Å². The zero-order valence-electron chi connectivity index (χ0n) is 7.10. The predicted molar refractivity (Wildman–Crippen MR) is 68.8 cm³/mol. The van der Waals surface area contributed by atoms with Gasteiger partial charge in [0.1, 0.15) is 0 Å². The van der Waals surface area contributed by atoms with E-state index in [4.69, 9.17) is 11.6 Å². The van der Waals surface area contributed by atoms with Crippen LogP contribution in [0.4, 0.5) is 0 Å². The zero-order chi connectivity index (χ0) is 9.42. The van der Waals surface area contributed by atoms with Crippen molar-refractivity contribution < 1.29 is 0 Å².